The molecule has 0 aromatic heterocycles. The van der Waals surface area contributed by atoms with E-state index in [9.17, 15) is 9.59 Å². The highest BCUT2D eigenvalue weighted by molar-refractivity contribution is 6.00. The second kappa shape index (κ2) is 10.7. The lowest BCUT2D eigenvalue weighted by molar-refractivity contribution is 0.0697. The number of rotatable bonds is 5. The summed E-state index contributed by atoms with van der Waals surface area (Å²) >= 11 is 0. The van der Waals surface area contributed by atoms with Gasteiger partial charge in [0, 0.05) is 43.6 Å². The molecule has 6 heteroatoms. The van der Waals surface area contributed by atoms with Crippen LogP contribution in [0.25, 0.3) is 0 Å². The average molecular weight is 449 g/mol. The van der Waals surface area contributed by atoms with Gasteiger partial charge < -0.3 is 20.4 Å². The summed E-state index contributed by atoms with van der Waals surface area (Å²) in [5.41, 5.74) is 3.75. The van der Waals surface area contributed by atoms with Crippen LogP contribution in [0.15, 0.2) is 48.5 Å². The first-order valence-electron chi connectivity index (χ1n) is 12.3. The Labute approximate surface area is 197 Å². The normalized spacial score (nSPS) is 17.5. The van der Waals surface area contributed by atoms with Gasteiger partial charge in [0.25, 0.3) is 5.91 Å². The number of amides is 3. The molecule has 176 valence electrons. The number of para-hydroxylation sites is 1. The minimum Gasteiger partial charge on any atom is -0.371 e. The molecule has 2 aliphatic rings. The Morgan fingerprint density at radius 3 is 2.27 bits per heavy atom. The molecule has 33 heavy (non-hydrogen) atoms. The minimum absolute atomic E-state index is 0.121. The molecule has 1 aliphatic carbocycles. The van der Waals surface area contributed by atoms with E-state index in [1.165, 1.54) is 19.3 Å². The van der Waals surface area contributed by atoms with Crippen molar-refractivity contribution in [3.8, 4) is 0 Å². The molecule has 2 aromatic rings. The molecule has 2 fully saturated rings. The molecule has 0 spiro atoms. The lowest BCUT2D eigenvalue weighted by Crippen LogP contribution is -2.46. The molecule has 1 saturated heterocycles. The molecule has 4 rings (SSSR count). The summed E-state index contributed by atoms with van der Waals surface area (Å²) in [4.78, 5) is 30.0. The highest BCUT2D eigenvalue weighted by Gasteiger charge is 2.27. The predicted octanol–water partition coefficient (Wildman–Crippen LogP) is 5.19. The maximum Gasteiger partial charge on any atom is 0.319 e. The quantitative estimate of drug-likeness (QED) is 0.662. The van der Waals surface area contributed by atoms with Crippen molar-refractivity contribution in [3.05, 3.63) is 59.7 Å². The molecule has 0 radical (unpaired) electrons. The van der Waals surface area contributed by atoms with Crippen molar-refractivity contribution in [3.63, 3.8) is 0 Å². The third-order valence-corrected chi connectivity index (χ3v) is 7.06. The van der Waals surface area contributed by atoms with Crippen molar-refractivity contribution in [1.29, 1.82) is 0 Å². The summed E-state index contributed by atoms with van der Waals surface area (Å²) in [6.07, 6.45) is 7.61. The number of nitrogens with one attached hydrogen (secondary N) is 2. The Morgan fingerprint density at radius 2 is 1.58 bits per heavy atom. The lowest BCUT2D eigenvalue weighted by Gasteiger charge is -2.36. The van der Waals surface area contributed by atoms with E-state index in [-0.39, 0.29) is 18.0 Å². The van der Waals surface area contributed by atoms with Gasteiger partial charge in [-0.1, -0.05) is 49.1 Å². The van der Waals surface area contributed by atoms with Crippen LogP contribution in [0.3, 0.4) is 0 Å². The van der Waals surface area contributed by atoms with Gasteiger partial charge in [-0.05, 0) is 56.9 Å². The average Bonchev–Trinajstić information content (AvgIpc) is 2.85. The number of benzene rings is 2. The van der Waals surface area contributed by atoms with Crippen molar-refractivity contribution in [1.82, 2.24) is 10.2 Å². The van der Waals surface area contributed by atoms with E-state index in [1.807, 2.05) is 61.3 Å². The van der Waals surface area contributed by atoms with Crippen molar-refractivity contribution < 1.29 is 9.59 Å². The maximum atomic E-state index is 13.3. The van der Waals surface area contributed by atoms with Crippen LogP contribution in [0, 0.1) is 6.92 Å². The summed E-state index contributed by atoms with van der Waals surface area (Å²) in [5, 5.41) is 6.01. The molecule has 2 N–H and O–H groups in total. The maximum absolute atomic E-state index is 13.3. The number of urea groups is 1. The topological polar surface area (TPSA) is 64.7 Å². The van der Waals surface area contributed by atoms with Crippen molar-refractivity contribution in [2.24, 2.45) is 0 Å². The second-order valence-corrected chi connectivity index (χ2v) is 9.45. The van der Waals surface area contributed by atoms with Gasteiger partial charge in [-0.25, -0.2) is 4.79 Å². The SMILES string of the molecule is Cc1ccc(NC(=O)NC2CCN(c3ccccc3C(=O)N(C)C3CCCCC3)CC2)cc1. The number of hydrogen-bond donors (Lipinski definition) is 2. The van der Waals surface area contributed by atoms with Gasteiger partial charge in [-0.2, -0.15) is 0 Å². The molecule has 1 heterocycles. The lowest BCUT2D eigenvalue weighted by atomic mass is 9.94. The monoisotopic (exact) mass is 448 g/mol. The fourth-order valence-corrected chi connectivity index (χ4v) is 5.01. The predicted molar refractivity (Wildman–Crippen MR) is 134 cm³/mol. The Kier molecular flexibility index (Phi) is 7.53. The van der Waals surface area contributed by atoms with Gasteiger partial charge in [0.1, 0.15) is 0 Å². The van der Waals surface area contributed by atoms with Crippen LogP contribution in [0.2, 0.25) is 0 Å². The van der Waals surface area contributed by atoms with E-state index < -0.39 is 0 Å². The molecule has 1 aliphatic heterocycles. The van der Waals surface area contributed by atoms with Gasteiger partial charge in [0.15, 0.2) is 0 Å². The van der Waals surface area contributed by atoms with E-state index in [0.717, 1.165) is 61.3 Å². The summed E-state index contributed by atoms with van der Waals surface area (Å²) in [7, 11) is 1.96. The van der Waals surface area contributed by atoms with E-state index >= 15 is 0 Å². The zero-order valence-corrected chi connectivity index (χ0v) is 19.8. The largest absolute Gasteiger partial charge is 0.371 e. The van der Waals surface area contributed by atoms with Crippen LogP contribution < -0.4 is 15.5 Å². The number of hydrogen-bond acceptors (Lipinski definition) is 3. The van der Waals surface area contributed by atoms with Crippen LogP contribution in [0.5, 0.6) is 0 Å². The highest BCUT2D eigenvalue weighted by atomic mass is 16.2. The smallest absolute Gasteiger partial charge is 0.319 e. The van der Waals surface area contributed by atoms with Crippen LogP contribution in [0.4, 0.5) is 16.2 Å². The molecule has 0 bridgehead atoms. The standard InChI is InChI=1S/C27H36N4O2/c1-20-12-14-21(15-13-20)28-27(33)29-22-16-18-31(19-17-22)25-11-7-6-10-24(25)26(32)30(2)23-8-4-3-5-9-23/h6-7,10-15,22-23H,3-5,8-9,16-19H2,1-2H3,(H2,28,29,33). The van der Waals surface area contributed by atoms with Gasteiger partial charge in [0.05, 0.1) is 5.56 Å². The molecule has 1 saturated carbocycles. The third kappa shape index (κ3) is 5.86. The van der Waals surface area contributed by atoms with E-state index in [2.05, 4.69) is 21.6 Å². The van der Waals surface area contributed by atoms with Gasteiger partial charge in [0.2, 0.25) is 0 Å². The fourth-order valence-electron chi connectivity index (χ4n) is 5.01. The first kappa shape index (κ1) is 23.1. The van der Waals surface area contributed by atoms with Crippen molar-refractivity contribution in [2.75, 3.05) is 30.4 Å². The van der Waals surface area contributed by atoms with Crippen LogP contribution >= 0.6 is 0 Å². The Hall–Kier alpha value is -3.02. The van der Waals surface area contributed by atoms with E-state index in [0.29, 0.717) is 6.04 Å². The van der Waals surface area contributed by atoms with Gasteiger partial charge >= 0.3 is 6.03 Å². The molecule has 3 amide bonds. The summed E-state index contributed by atoms with van der Waals surface area (Å²) in [5.74, 6) is 0.121. The van der Waals surface area contributed by atoms with Crippen LogP contribution in [-0.4, -0.2) is 49.1 Å². The first-order valence-corrected chi connectivity index (χ1v) is 12.3. The zero-order valence-electron chi connectivity index (χ0n) is 19.8. The number of aryl methyl sites for hydroxylation is 1. The Morgan fingerprint density at radius 1 is 0.909 bits per heavy atom. The molecule has 0 unspecified atom stereocenters. The van der Waals surface area contributed by atoms with Crippen molar-refractivity contribution >= 4 is 23.3 Å². The number of nitrogens with zero attached hydrogens (tertiary/aromatic N) is 2. The third-order valence-electron chi connectivity index (χ3n) is 7.06. The number of carbonyl (C=O) groups excluding carboxylic acids is 2. The molecule has 2 aromatic carbocycles. The Balaban J connectivity index is 1.33. The van der Waals surface area contributed by atoms with Crippen LogP contribution in [0.1, 0.15) is 60.9 Å². The number of anilines is 2. The van der Waals surface area contributed by atoms with Gasteiger partial charge in [-0.15, -0.1) is 0 Å². The number of carbonyl (C=O) groups is 2. The zero-order chi connectivity index (χ0) is 23.2. The van der Waals surface area contributed by atoms with E-state index in [1.54, 1.807) is 0 Å². The summed E-state index contributed by atoms with van der Waals surface area (Å²) < 4.78 is 0. The highest BCUT2D eigenvalue weighted by Crippen LogP contribution is 2.28. The summed E-state index contributed by atoms with van der Waals surface area (Å²) in [6.45, 7) is 3.65. The minimum atomic E-state index is -0.165. The van der Waals surface area contributed by atoms with Crippen LogP contribution in [-0.2, 0) is 0 Å². The summed E-state index contributed by atoms with van der Waals surface area (Å²) in [6, 6.07) is 16.1. The Bertz CT molecular complexity index is 945. The molecule has 6 nitrogen and oxygen atoms in total. The fraction of sp³-hybridized carbons (Fsp3) is 0.481. The first-order chi connectivity index (χ1) is 16.0. The van der Waals surface area contributed by atoms with E-state index in [4.69, 9.17) is 0 Å². The molecular weight excluding hydrogens is 412 g/mol. The van der Waals surface area contributed by atoms with Crippen molar-refractivity contribution in [2.45, 2.75) is 64.0 Å². The second-order valence-electron chi connectivity index (χ2n) is 9.45. The number of piperidine rings is 1. The molecular formula is C27H36N4O2. The molecule has 0 atom stereocenters. The van der Waals surface area contributed by atoms with Gasteiger partial charge in [-0.3, -0.25) is 4.79 Å².